The zero-order chi connectivity index (χ0) is 8.39. The van der Waals surface area contributed by atoms with Gasteiger partial charge in [0.25, 0.3) is 0 Å². The van der Waals surface area contributed by atoms with Crippen molar-refractivity contribution in [2.45, 2.75) is 6.54 Å². The Morgan fingerprint density at radius 2 is 2.25 bits per heavy atom. The van der Waals surface area contributed by atoms with E-state index in [0.717, 1.165) is 17.8 Å². The molecule has 62 valence electrons. The van der Waals surface area contributed by atoms with E-state index >= 15 is 0 Å². The third kappa shape index (κ3) is 1.19. The van der Waals surface area contributed by atoms with Crippen LogP contribution in [0, 0.1) is 0 Å². The molecule has 0 spiro atoms. The van der Waals surface area contributed by atoms with E-state index in [4.69, 9.17) is 5.11 Å². The van der Waals surface area contributed by atoms with Gasteiger partial charge >= 0.3 is 0 Å². The van der Waals surface area contributed by atoms with Crippen LogP contribution in [0.25, 0.3) is 0 Å². The minimum absolute atomic E-state index is 0.0256. The van der Waals surface area contributed by atoms with Crippen molar-refractivity contribution in [3.8, 4) is 0 Å². The van der Waals surface area contributed by atoms with E-state index in [1.165, 1.54) is 0 Å². The van der Waals surface area contributed by atoms with Crippen molar-refractivity contribution >= 4 is 12.0 Å². The molecule has 1 aliphatic heterocycles. The molecule has 0 aromatic heterocycles. The highest BCUT2D eigenvalue weighted by Crippen LogP contribution is 2.22. The zero-order valence-corrected chi connectivity index (χ0v) is 6.64. The van der Waals surface area contributed by atoms with E-state index < -0.39 is 0 Å². The van der Waals surface area contributed by atoms with Gasteiger partial charge in [0.2, 0.25) is 0 Å². The fraction of sp³-hybridized carbons (Fsp3) is 0.222. The smallest absolute Gasteiger partial charge is 0.116 e. The summed E-state index contributed by atoms with van der Waals surface area (Å²) in [6, 6.07) is 7.94. The predicted octanol–water partition coefficient (Wildman–Crippen LogP) is 1.11. The third-order valence-corrected chi connectivity index (χ3v) is 1.91. The van der Waals surface area contributed by atoms with Crippen LogP contribution in [0.3, 0.4) is 0 Å². The van der Waals surface area contributed by atoms with Crippen molar-refractivity contribution in [2.24, 2.45) is 4.99 Å². The van der Waals surface area contributed by atoms with E-state index in [2.05, 4.69) is 4.99 Å². The predicted molar refractivity (Wildman–Crippen MR) is 47.2 cm³/mol. The van der Waals surface area contributed by atoms with E-state index in [1.54, 1.807) is 11.2 Å². The van der Waals surface area contributed by atoms with Gasteiger partial charge in [0, 0.05) is 6.54 Å². The first-order valence-electron chi connectivity index (χ1n) is 3.87. The van der Waals surface area contributed by atoms with Gasteiger partial charge in [-0.25, -0.2) is 4.99 Å². The summed E-state index contributed by atoms with van der Waals surface area (Å²) in [6.45, 7) is 0.772. The Morgan fingerprint density at radius 1 is 1.42 bits per heavy atom. The van der Waals surface area contributed by atoms with Crippen molar-refractivity contribution in [1.29, 1.82) is 0 Å². The fourth-order valence-corrected chi connectivity index (χ4v) is 1.26. The van der Waals surface area contributed by atoms with Gasteiger partial charge in [-0.1, -0.05) is 18.2 Å². The molecule has 0 bridgehead atoms. The van der Waals surface area contributed by atoms with Crippen LogP contribution in [0.2, 0.25) is 0 Å². The molecular formula is C9H10N2O. The second-order valence-electron chi connectivity index (χ2n) is 2.76. The first kappa shape index (κ1) is 7.31. The second kappa shape index (κ2) is 2.95. The Labute approximate surface area is 71.0 Å². The molecule has 0 saturated heterocycles. The molecule has 0 radical (unpaired) electrons. The van der Waals surface area contributed by atoms with Gasteiger partial charge in [0.1, 0.15) is 6.73 Å². The topological polar surface area (TPSA) is 35.8 Å². The lowest BCUT2D eigenvalue weighted by Gasteiger charge is -2.21. The summed E-state index contributed by atoms with van der Waals surface area (Å²) in [5.41, 5.74) is 2.16. The van der Waals surface area contributed by atoms with Gasteiger partial charge in [-0.15, -0.1) is 0 Å². The lowest BCUT2D eigenvalue weighted by molar-refractivity contribution is 0.168. The Morgan fingerprint density at radius 3 is 3.08 bits per heavy atom. The molecule has 0 amide bonds. The summed E-state index contributed by atoms with van der Waals surface area (Å²) in [5.74, 6) is 0. The molecule has 1 aromatic carbocycles. The van der Waals surface area contributed by atoms with Crippen molar-refractivity contribution < 1.29 is 5.11 Å². The highest BCUT2D eigenvalue weighted by molar-refractivity contribution is 5.66. The Kier molecular flexibility index (Phi) is 1.80. The van der Waals surface area contributed by atoms with Gasteiger partial charge in [-0.3, -0.25) is 0 Å². The number of nitrogens with zero attached hydrogens (tertiary/aromatic N) is 2. The molecule has 0 saturated carbocycles. The molecule has 12 heavy (non-hydrogen) atoms. The molecule has 0 fully saturated rings. The number of fused-ring (bicyclic) bond motifs is 1. The van der Waals surface area contributed by atoms with Crippen LogP contribution in [0.5, 0.6) is 0 Å². The SMILES string of the molecule is OCN1C=Nc2ccccc2C1. The summed E-state index contributed by atoms with van der Waals surface area (Å²) in [4.78, 5) is 5.94. The number of para-hydroxylation sites is 1. The molecule has 1 heterocycles. The minimum Gasteiger partial charge on any atom is -0.376 e. The van der Waals surface area contributed by atoms with Gasteiger partial charge in [0.05, 0.1) is 12.0 Å². The van der Waals surface area contributed by atoms with Gasteiger partial charge in [-0.2, -0.15) is 0 Å². The standard InChI is InChI=1S/C9H10N2O/c12-7-11-5-8-3-1-2-4-9(8)10-6-11/h1-4,6,12H,5,7H2. The molecule has 3 nitrogen and oxygen atoms in total. The number of benzene rings is 1. The molecule has 0 atom stereocenters. The maximum absolute atomic E-state index is 8.85. The van der Waals surface area contributed by atoms with Crippen LogP contribution in [-0.2, 0) is 6.54 Å². The van der Waals surface area contributed by atoms with Crippen LogP contribution >= 0.6 is 0 Å². The minimum atomic E-state index is 0.0256. The highest BCUT2D eigenvalue weighted by atomic mass is 16.3. The molecule has 1 N–H and O–H groups in total. The van der Waals surface area contributed by atoms with Crippen molar-refractivity contribution in [2.75, 3.05) is 6.73 Å². The lowest BCUT2D eigenvalue weighted by Crippen LogP contribution is -2.24. The molecule has 1 aliphatic rings. The zero-order valence-electron chi connectivity index (χ0n) is 6.64. The van der Waals surface area contributed by atoms with Gasteiger partial charge < -0.3 is 10.0 Å². The lowest BCUT2D eigenvalue weighted by atomic mass is 10.1. The van der Waals surface area contributed by atoms with Crippen LogP contribution in [-0.4, -0.2) is 23.1 Å². The van der Waals surface area contributed by atoms with E-state index in [-0.39, 0.29) is 6.73 Å². The molecule has 0 unspecified atom stereocenters. The first-order valence-corrected chi connectivity index (χ1v) is 3.87. The second-order valence-corrected chi connectivity index (χ2v) is 2.76. The Hall–Kier alpha value is -1.35. The van der Waals surface area contributed by atoms with Crippen LogP contribution in [0.1, 0.15) is 5.56 Å². The largest absolute Gasteiger partial charge is 0.376 e. The number of aliphatic hydroxyl groups excluding tert-OH is 1. The summed E-state index contributed by atoms with van der Waals surface area (Å²) in [7, 11) is 0. The summed E-state index contributed by atoms with van der Waals surface area (Å²) < 4.78 is 0. The maximum atomic E-state index is 8.85. The first-order chi connectivity index (χ1) is 5.90. The van der Waals surface area contributed by atoms with E-state index in [1.807, 2.05) is 24.3 Å². The number of hydrogen-bond acceptors (Lipinski definition) is 3. The number of aliphatic hydroxyl groups is 1. The number of hydrogen-bond donors (Lipinski definition) is 1. The molecule has 0 aliphatic carbocycles. The van der Waals surface area contributed by atoms with E-state index in [9.17, 15) is 0 Å². The van der Waals surface area contributed by atoms with Gasteiger partial charge in [-0.05, 0) is 11.6 Å². The van der Waals surface area contributed by atoms with Crippen molar-refractivity contribution in [3.05, 3.63) is 29.8 Å². The Bertz CT molecular complexity index is 309. The normalized spacial score (nSPS) is 14.6. The summed E-state index contributed by atoms with van der Waals surface area (Å²) >= 11 is 0. The monoisotopic (exact) mass is 162 g/mol. The van der Waals surface area contributed by atoms with Gasteiger partial charge in [0.15, 0.2) is 0 Å². The van der Waals surface area contributed by atoms with Crippen LogP contribution in [0.15, 0.2) is 29.3 Å². The highest BCUT2D eigenvalue weighted by Gasteiger charge is 2.08. The molecule has 1 aromatic rings. The van der Waals surface area contributed by atoms with Crippen LogP contribution in [0.4, 0.5) is 5.69 Å². The third-order valence-electron chi connectivity index (χ3n) is 1.91. The van der Waals surface area contributed by atoms with Crippen LogP contribution < -0.4 is 0 Å². The molecular weight excluding hydrogens is 152 g/mol. The summed E-state index contributed by atoms with van der Waals surface area (Å²) in [6.07, 6.45) is 1.67. The average Bonchev–Trinajstić information content (AvgIpc) is 2.17. The van der Waals surface area contributed by atoms with Crippen molar-refractivity contribution in [3.63, 3.8) is 0 Å². The Balaban J connectivity index is 2.33. The molecule has 3 heteroatoms. The number of aliphatic imine (C=N–C) groups is 1. The average molecular weight is 162 g/mol. The number of rotatable bonds is 1. The quantitative estimate of drug-likeness (QED) is 0.671. The molecule has 2 rings (SSSR count). The van der Waals surface area contributed by atoms with Crippen molar-refractivity contribution in [1.82, 2.24) is 4.90 Å². The van der Waals surface area contributed by atoms with E-state index in [0.29, 0.717) is 0 Å². The maximum Gasteiger partial charge on any atom is 0.116 e. The summed E-state index contributed by atoms with van der Waals surface area (Å²) in [5, 5.41) is 8.85. The fourth-order valence-electron chi connectivity index (χ4n) is 1.26.